The van der Waals surface area contributed by atoms with Crippen molar-refractivity contribution in [3.05, 3.63) is 71.9 Å². The molecule has 0 bridgehead atoms. The number of carbonyl (C=O) groups excluding carboxylic acids is 1. The van der Waals surface area contributed by atoms with Crippen LogP contribution in [0.25, 0.3) is 11.3 Å². The molecule has 2 aliphatic rings. The number of piperidine rings is 1. The maximum atomic E-state index is 12.9. The molecule has 2 aliphatic heterocycles. The second-order valence-electron chi connectivity index (χ2n) is 8.74. The van der Waals surface area contributed by atoms with E-state index in [4.69, 9.17) is 0 Å². The van der Waals surface area contributed by atoms with Crippen LogP contribution in [-0.2, 0) is 4.79 Å². The predicted octanol–water partition coefficient (Wildman–Crippen LogP) is 5.09. The highest BCUT2D eigenvalue weighted by atomic mass is 19.4. The van der Waals surface area contributed by atoms with Crippen molar-refractivity contribution in [3.8, 4) is 17.3 Å². The highest BCUT2D eigenvalue weighted by Gasteiger charge is 2.42. The van der Waals surface area contributed by atoms with Gasteiger partial charge < -0.3 is 15.1 Å². The molecule has 2 atom stereocenters. The van der Waals surface area contributed by atoms with Crippen molar-refractivity contribution < 1.29 is 18.0 Å². The number of rotatable bonds is 2. The highest BCUT2D eigenvalue weighted by molar-refractivity contribution is 5.85. The van der Waals surface area contributed by atoms with Crippen LogP contribution in [0.3, 0.4) is 0 Å². The summed E-state index contributed by atoms with van der Waals surface area (Å²) < 4.78 is 38.6. The van der Waals surface area contributed by atoms with Gasteiger partial charge in [-0.05, 0) is 48.7 Å². The molecule has 9 heteroatoms. The number of nitrogens with zero attached hydrogens (tertiary/aromatic N) is 4. The van der Waals surface area contributed by atoms with Gasteiger partial charge in [0, 0.05) is 30.9 Å². The first-order valence-electron chi connectivity index (χ1n) is 11.2. The van der Waals surface area contributed by atoms with Crippen LogP contribution in [-0.4, -0.2) is 36.7 Å². The summed E-state index contributed by atoms with van der Waals surface area (Å²) in [6, 6.07) is 20.4. The van der Waals surface area contributed by atoms with Gasteiger partial charge in [0.05, 0.1) is 23.1 Å². The molecule has 6 nitrogen and oxygen atoms in total. The number of hydrogen-bond acceptors (Lipinski definition) is 5. The lowest BCUT2D eigenvalue weighted by Gasteiger charge is -2.41. The molecule has 0 radical (unpaired) electrons. The Morgan fingerprint density at radius 3 is 2.66 bits per heavy atom. The molecule has 5 rings (SSSR count). The van der Waals surface area contributed by atoms with Gasteiger partial charge in [0.15, 0.2) is 0 Å². The van der Waals surface area contributed by atoms with E-state index in [0.29, 0.717) is 30.8 Å². The Morgan fingerprint density at radius 2 is 1.89 bits per heavy atom. The number of fused-ring (bicyclic) bond motifs is 5. The fourth-order valence-corrected chi connectivity index (χ4v) is 5.00. The van der Waals surface area contributed by atoms with E-state index in [0.717, 1.165) is 28.2 Å². The first-order valence-corrected chi connectivity index (χ1v) is 11.2. The monoisotopic (exact) mass is 477 g/mol. The lowest BCUT2D eigenvalue weighted by atomic mass is 9.90. The average Bonchev–Trinajstić information content (AvgIpc) is 2.96. The van der Waals surface area contributed by atoms with Crippen molar-refractivity contribution in [2.75, 3.05) is 23.4 Å². The molecule has 35 heavy (non-hydrogen) atoms. The van der Waals surface area contributed by atoms with E-state index in [1.807, 2.05) is 55.6 Å². The van der Waals surface area contributed by atoms with Crippen LogP contribution in [0.15, 0.2) is 60.7 Å². The SMILES string of the molecule is CN1c2ccccc2[C@H]2C[C@H](NC(=O)C(F)(F)F)CCN2c2ccc(-c3cccc(C#N)n3)cc21. The molecule has 178 valence electrons. The number of carbonyl (C=O) groups is 1. The summed E-state index contributed by atoms with van der Waals surface area (Å²) >= 11 is 0. The summed E-state index contributed by atoms with van der Waals surface area (Å²) in [6.45, 7) is 0.490. The molecule has 1 saturated heterocycles. The van der Waals surface area contributed by atoms with Gasteiger partial charge in [-0.25, -0.2) is 4.98 Å². The number of hydrogen-bond donors (Lipinski definition) is 1. The average molecular weight is 477 g/mol. The van der Waals surface area contributed by atoms with Crippen LogP contribution in [0.4, 0.5) is 30.2 Å². The Hall–Kier alpha value is -4.06. The second-order valence-corrected chi connectivity index (χ2v) is 8.74. The van der Waals surface area contributed by atoms with Crippen molar-refractivity contribution in [1.82, 2.24) is 10.3 Å². The zero-order valence-electron chi connectivity index (χ0n) is 18.9. The number of pyridine rings is 1. The lowest BCUT2D eigenvalue weighted by molar-refractivity contribution is -0.174. The van der Waals surface area contributed by atoms with Crippen molar-refractivity contribution >= 4 is 23.0 Å². The van der Waals surface area contributed by atoms with Gasteiger partial charge in [0.25, 0.3) is 0 Å². The molecule has 1 amide bonds. The number of amides is 1. The molecular formula is C26H22F3N5O. The van der Waals surface area contributed by atoms with Crippen LogP contribution in [0.2, 0.25) is 0 Å². The third-order valence-corrected chi connectivity index (χ3v) is 6.66. The summed E-state index contributed by atoms with van der Waals surface area (Å²) in [4.78, 5) is 20.3. The maximum absolute atomic E-state index is 12.9. The van der Waals surface area contributed by atoms with E-state index in [1.165, 1.54) is 0 Å². The van der Waals surface area contributed by atoms with E-state index < -0.39 is 18.1 Å². The van der Waals surface area contributed by atoms with Crippen molar-refractivity contribution in [2.45, 2.75) is 31.1 Å². The number of nitrogens with one attached hydrogen (secondary N) is 1. The molecule has 0 spiro atoms. The summed E-state index contributed by atoms with van der Waals surface area (Å²) in [6.07, 6.45) is -4.14. The number of para-hydroxylation sites is 1. The van der Waals surface area contributed by atoms with Crippen molar-refractivity contribution in [1.29, 1.82) is 5.26 Å². The molecule has 2 aromatic carbocycles. The Labute approximate surface area is 200 Å². The number of anilines is 3. The topological polar surface area (TPSA) is 72.3 Å². The van der Waals surface area contributed by atoms with Crippen molar-refractivity contribution in [2.24, 2.45) is 0 Å². The molecular weight excluding hydrogens is 455 g/mol. The summed E-state index contributed by atoms with van der Waals surface area (Å²) in [7, 11) is 1.96. The lowest BCUT2D eigenvalue weighted by Crippen LogP contribution is -2.49. The van der Waals surface area contributed by atoms with Gasteiger partial charge in [-0.1, -0.05) is 30.3 Å². The second kappa shape index (κ2) is 8.62. The number of benzene rings is 2. The number of halogens is 3. The quantitative estimate of drug-likeness (QED) is 0.557. The van der Waals surface area contributed by atoms with Gasteiger partial charge in [-0.3, -0.25) is 4.79 Å². The van der Waals surface area contributed by atoms with Crippen LogP contribution < -0.4 is 15.1 Å². The first-order chi connectivity index (χ1) is 16.8. The van der Waals surface area contributed by atoms with Crippen LogP contribution in [0.5, 0.6) is 0 Å². The normalized spacial score (nSPS) is 19.1. The molecule has 1 aromatic heterocycles. The smallest absolute Gasteiger partial charge is 0.363 e. The van der Waals surface area contributed by atoms with Gasteiger partial charge in [-0.15, -0.1) is 0 Å². The van der Waals surface area contributed by atoms with Crippen LogP contribution >= 0.6 is 0 Å². The van der Waals surface area contributed by atoms with Gasteiger partial charge in [0.1, 0.15) is 11.8 Å². The Kier molecular flexibility index (Phi) is 5.59. The van der Waals surface area contributed by atoms with E-state index >= 15 is 0 Å². The third-order valence-electron chi connectivity index (χ3n) is 6.66. The molecule has 3 heterocycles. The molecule has 0 aliphatic carbocycles. The molecule has 0 saturated carbocycles. The van der Waals surface area contributed by atoms with E-state index in [2.05, 4.69) is 26.2 Å². The zero-order chi connectivity index (χ0) is 24.7. The maximum Gasteiger partial charge on any atom is 0.471 e. The van der Waals surface area contributed by atoms with Crippen LogP contribution in [0.1, 0.15) is 30.1 Å². The summed E-state index contributed by atoms with van der Waals surface area (Å²) in [5, 5.41) is 11.4. The molecule has 1 N–H and O–H groups in total. The molecule has 3 aromatic rings. The third kappa shape index (κ3) is 4.16. The van der Waals surface area contributed by atoms with Crippen LogP contribution in [0, 0.1) is 11.3 Å². The minimum absolute atomic E-state index is 0.201. The van der Waals surface area contributed by atoms with Crippen molar-refractivity contribution in [3.63, 3.8) is 0 Å². The highest BCUT2D eigenvalue weighted by Crippen LogP contribution is 2.48. The van der Waals surface area contributed by atoms with Gasteiger partial charge >= 0.3 is 12.1 Å². The fourth-order valence-electron chi connectivity index (χ4n) is 5.00. The Morgan fingerprint density at radius 1 is 1.09 bits per heavy atom. The summed E-state index contributed by atoms with van der Waals surface area (Å²) in [5.41, 5.74) is 5.69. The predicted molar refractivity (Wildman–Crippen MR) is 126 cm³/mol. The van der Waals surface area contributed by atoms with Gasteiger partial charge in [0.2, 0.25) is 0 Å². The minimum atomic E-state index is -4.90. The van der Waals surface area contributed by atoms with E-state index in [9.17, 15) is 23.2 Å². The number of nitriles is 1. The largest absolute Gasteiger partial charge is 0.471 e. The Bertz CT molecular complexity index is 1330. The standard InChI is InChI=1S/C26H22F3N5O/c1-33-21-8-3-2-6-19(21)23-14-17(32-25(35)26(27,28)29)11-12-34(23)22-10-9-16(13-24(22)33)20-7-4-5-18(15-30)31-20/h2-10,13,17,23H,11-12,14H2,1H3,(H,32,35)/t17-,23-/m1/s1. The Balaban J connectivity index is 1.56. The van der Waals surface area contributed by atoms with E-state index in [1.54, 1.807) is 12.1 Å². The zero-order valence-corrected chi connectivity index (χ0v) is 18.9. The van der Waals surface area contributed by atoms with Gasteiger partial charge in [-0.2, -0.15) is 18.4 Å². The minimum Gasteiger partial charge on any atom is -0.363 e. The van der Waals surface area contributed by atoms with E-state index in [-0.39, 0.29) is 6.04 Å². The molecule has 1 fully saturated rings. The number of aromatic nitrogens is 1. The fraction of sp³-hybridized carbons (Fsp3) is 0.269. The summed E-state index contributed by atoms with van der Waals surface area (Å²) in [5.74, 6) is -1.90. The number of alkyl halides is 3. The first kappa shape index (κ1) is 22.7. The molecule has 0 unspecified atom stereocenters.